The molecule has 3 nitrogen and oxygen atoms in total. The summed E-state index contributed by atoms with van der Waals surface area (Å²) in [5.41, 5.74) is -28.5. The molecule has 6 rings (SSSR count). The van der Waals surface area contributed by atoms with Crippen molar-refractivity contribution in [1.82, 2.24) is 0 Å². The Morgan fingerprint density at radius 3 is 0.908 bits per heavy atom. The van der Waals surface area contributed by atoms with Gasteiger partial charge in [0, 0.05) is 17.7 Å². The molecule has 0 bridgehead atoms. The highest BCUT2D eigenvalue weighted by atomic mass is 19.4. The van der Waals surface area contributed by atoms with Crippen LogP contribution in [0.25, 0.3) is 0 Å². The zero-order chi connectivity index (χ0) is 57.4. The van der Waals surface area contributed by atoms with Crippen LogP contribution in [-0.4, -0.2) is 18.7 Å². The molecule has 0 N–H and O–H groups in total. The normalized spacial score (nSPS) is 13.3. The van der Waals surface area contributed by atoms with E-state index in [-0.39, 0.29) is 5.97 Å². The minimum atomic E-state index is -6.13. The van der Waals surface area contributed by atoms with Crippen molar-refractivity contribution in [3.8, 4) is 0 Å². The van der Waals surface area contributed by atoms with Crippen molar-refractivity contribution in [2.75, 3.05) is 6.61 Å². The topological polar surface area (TPSA) is 30.2 Å². The average molecular weight is 1120 g/mol. The summed E-state index contributed by atoms with van der Waals surface area (Å²) in [7, 11) is 0. The van der Waals surface area contributed by atoms with Crippen molar-refractivity contribution in [3.63, 3.8) is 0 Å². The fourth-order valence-corrected chi connectivity index (χ4v) is 7.92. The number of aromatic nitrogens is 1. The summed E-state index contributed by atoms with van der Waals surface area (Å²) in [5, 5.41) is 0. The summed E-state index contributed by atoms with van der Waals surface area (Å²) in [6.45, 7) is 3.10. The van der Waals surface area contributed by atoms with Gasteiger partial charge in [0.1, 0.15) is 6.15 Å². The Bertz CT molecular complexity index is 2580. The maximum atomic E-state index is 14.2. The van der Waals surface area contributed by atoms with Crippen LogP contribution < -0.4 is 26.4 Å². The first kappa shape index (κ1) is 60.0. The monoisotopic (exact) mass is 1120 g/mol. The van der Waals surface area contributed by atoms with E-state index in [0.717, 1.165) is 12.0 Å². The summed E-state index contributed by atoms with van der Waals surface area (Å²) < 4.78 is 348. The maximum absolute atomic E-state index is 14.2. The molecule has 0 radical (unpaired) electrons. The fourth-order valence-electron chi connectivity index (χ4n) is 7.92. The summed E-state index contributed by atoms with van der Waals surface area (Å²) in [4.78, 5) is 12.0. The quantitative estimate of drug-likeness (QED) is 0.0625. The van der Waals surface area contributed by atoms with Crippen LogP contribution in [0, 0.1) is 0 Å². The minimum absolute atomic E-state index is 0.265. The van der Waals surface area contributed by atoms with Crippen LogP contribution in [0.1, 0.15) is 73.9 Å². The van der Waals surface area contributed by atoms with Crippen LogP contribution in [0.5, 0.6) is 0 Å². The van der Waals surface area contributed by atoms with Crippen LogP contribution in [0.15, 0.2) is 128 Å². The van der Waals surface area contributed by atoms with E-state index in [0.29, 0.717) is 18.8 Å². The molecule has 0 saturated carbocycles. The second kappa shape index (κ2) is 21.3. The number of hydrogen-bond donors (Lipinski definition) is 0. The number of benzene rings is 5. The zero-order valence-electron chi connectivity index (χ0n) is 37.7. The highest BCUT2D eigenvalue weighted by Crippen LogP contribution is 2.41. The highest BCUT2D eigenvalue weighted by molar-refractivity contribution is 7.20. The lowest BCUT2D eigenvalue weighted by Crippen LogP contribution is -2.75. The number of alkyl halides is 24. The van der Waals surface area contributed by atoms with Crippen molar-refractivity contribution >= 4 is 34.0 Å². The Labute approximate surface area is 412 Å². The molecule has 0 fully saturated rings. The van der Waals surface area contributed by atoms with Gasteiger partial charge in [-0.25, -0.2) is 4.79 Å². The van der Waals surface area contributed by atoms with Crippen LogP contribution in [0.2, 0.25) is 0 Å². The molecule has 5 aromatic carbocycles. The lowest BCUT2D eigenvalue weighted by atomic mass is 9.12. The van der Waals surface area contributed by atoms with E-state index in [2.05, 4.69) is 0 Å². The number of carbonyl (C=O) groups is 1. The third kappa shape index (κ3) is 14.1. The molecule has 0 spiro atoms. The van der Waals surface area contributed by atoms with Gasteiger partial charge in [-0.3, -0.25) is 0 Å². The van der Waals surface area contributed by atoms with Gasteiger partial charge < -0.3 is 4.74 Å². The Morgan fingerprint density at radius 2 is 0.658 bits per heavy atom. The molecule has 6 aromatic rings. The largest absolute Gasteiger partial charge is 0.458 e. The second-order valence-electron chi connectivity index (χ2n) is 16.6. The number of halogens is 24. The first-order valence-electron chi connectivity index (χ1n) is 21.1. The second-order valence-corrected chi connectivity index (χ2v) is 16.6. The van der Waals surface area contributed by atoms with Crippen molar-refractivity contribution in [2.24, 2.45) is 0 Å². The van der Waals surface area contributed by atoms with Gasteiger partial charge in [-0.1, -0.05) is 85.8 Å². The van der Waals surface area contributed by atoms with Gasteiger partial charge in [-0.2, -0.15) is 132 Å². The number of hydrogen-bond acceptors (Lipinski definition) is 2. The summed E-state index contributed by atoms with van der Waals surface area (Å²) in [6.07, 6.45) is -52.1. The van der Waals surface area contributed by atoms with Crippen molar-refractivity contribution in [1.29, 1.82) is 0 Å². The summed E-state index contributed by atoms with van der Waals surface area (Å²) >= 11 is 0. The third-order valence-corrected chi connectivity index (χ3v) is 11.2. The van der Waals surface area contributed by atoms with E-state index < -0.39 is 195 Å². The standard InChI is InChI=1S/C32H12BF24.C16H18NO2/c34-25(35,36)13-1-14(26(37,38)39)6-21(5-13)33(22-7-15(27(40,41)42)2-16(8-22)28(43,44)45,23-9-17(29(46,47)48)3-18(10-23)30(49,50)51)24-11-19(31(52,53)54)4-20(12-24)32(55,56)57;1-2-12-19-16(18)15-10-6-7-11-17(15)13-14-8-4-3-5-9-14/h1-12H;3-11H,2,12-13H2,1H3/q-1;+1. The third-order valence-electron chi connectivity index (χ3n) is 11.2. The number of rotatable bonds is 9. The molecule has 0 aliphatic heterocycles. The number of pyridine rings is 1. The molecule has 1 heterocycles. The molecule has 1 aromatic heterocycles. The molecule has 76 heavy (non-hydrogen) atoms. The molecular formula is C48H30BF24NO2. The van der Waals surface area contributed by atoms with Gasteiger partial charge in [0.2, 0.25) is 0 Å². The number of carbonyl (C=O) groups excluding carboxylic acids is 1. The van der Waals surface area contributed by atoms with Gasteiger partial charge in [-0.05, 0) is 36.8 Å². The molecule has 0 aliphatic carbocycles. The van der Waals surface area contributed by atoms with E-state index >= 15 is 0 Å². The molecular weight excluding hydrogens is 1090 g/mol. The van der Waals surface area contributed by atoms with Gasteiger partial charge in [0.25, 0.3) is 5.69 Å². The van der Waals surface area contributed by atoms with Gasteiger partial charge in [-0.15, -0.1) is 0 Å². The molecule has 0 atom stereocenters. The van der Waals surface area contributed by atoms with E-state index in [9.17, 15) is 110 Å². The van der Waals surface area contributed by atoms with E-state index in [4.69, 9.17) is 4.74 Å². The van der Waals surface area contributed by atoms with E-state index in [1.54, 1.807) is 6.07 Å². The highest BCUT2D eigenvalue weighted by Gasteiger charge is 2.47. The number of esters is 1. The van der Waals surface area contributed by atoms with Gasteiger partial charge in [0.15, 0.2) is 12.7 Å². The maximum Gasteiger partial charge on any atom is 0.416 e. The SMILES string of the molecule is CCCOC(=O)c1cccc[n+]1Cc1ccccc1.FC(F)(F)c1cc([B-](c2cc(C(F)(F)F)cc(C(F)(F)F)c2)(c2cc(C(F)(F)F)cc(C(F)(F)F)c2)c2cc(C(F)(F)F)cc(C(F)(F)F)c2)cc(C(F)(F)F)c1. The van der Waals surface area contributed by atoms with Crippen LogP contribution in [0.4, 0.5) is 105 Å². The molecule has 0 amide bonds. The lowest BCUT2D eigenvalue weighted by Gasteiger charge is -2.46. The van der Waals surface area contributed by atoms with Gasteiger partial charge in [0.05, 0.1) is 51.1 Å². The molecule has 0 saturated heterocycles. The fraction of sp³-hybridized carbons (Fsp3) is 0.250. The summed E-state index contributed by atoms with van der Waals surface area (Å²) in [5.74, 6) is -0.265. The molecule has 410 valence electrons. The Morgan fingerprint density at radius 1 is 0.395 bits per heavy atom. The lowest BCUT2D eigenvalue weighted by molar-refractivity contribution is -0.690. The van der Waals surface area contributed by atoms with Crippen LogP contribution in [-0.2, 0) is 60.7 Å². The zero-order valence-corrected chi connectivity index (χ0v) is 37.7. The first-order valence-corrected chi connectivity index (χ1v) is 21.1. The predicted octanol–water partition coefficient (Wildman–Crippen LogP) is 13.8. The molecule has 0 unspecified atom stereocenters. The van der Waals surface area contributed by atoms with E-state index in [1.165, 1.54) is 0 Å². The van der Waals surface area contributed by atoms with Gasteiger partial charge >= 0.3 is 55.4 Å². The number of ether oxygens (including phenoxy) is 1. The Balaban J connectivity index is 0.000000468. The Kier molecular flexibility index (Phi) is 16.8. The summed E-state index contributed by atoms with van der Waals surface area (Å²) in [6, 6.07) is 6.80. The Hall–Kier alpha value is -6.90. The van der Waals surface area contributed by atoms with Crippen molar-refractivity contribution < 1.29 is 119 Å². The molecule has 0 aliphatic rings. The van der Waals surface area contributed by atoms with Crippen LogP contribution in [0.3, 0.4) is 0 Å². The predicted molar refractivity (Wildman–Crippen MR) is 223 cm³/mol. The number of nitrogens with zero attached hydrogens (tertiary/aromatic N) is 1. The van der Waals surface area contributed by atoms with Crippen molar-refractivity contribution in [3.05, 3.63) is 183 Å². The van der Waals surface area contributed by atoms with Crippen LogP contribution >= 0.6 is 0 Å². The minimum Gasteiger partial charge on any atom is -0.458 e. The smallest absolute Gasteiger partial charge is 0.416 e. The van der Waals surface area contributed by atoms with E-state index in [1.807, 2.05) is 60.2 Å². The molecule has 28 heteroatoms. The van der Waals surface area contributed by atoms with Crippen molar-refractivity contribution in [2.45, 2.75) is 69.3 Å². The first-order chi connectivity index (χ1) is 34.6. The average Bonchev–Trinajstić information content (AvgIpc) is 3.29.